The first-order chi connectivity index (χ1) is 8.40. The number of aromatic nitrogens is 4. The van der Waals surface area contributed by atoms with Gasteiger partial charge in [-0.2, -0.15) is 23.1 Å². The molecule has 0 aliphatic rings. The highest BCUT2D eigenvalue weighted by atomic mass is 19.4. The summed E-state index contributed by atoms with van der Waals surface area (Å²) in [6.07, 6.45) is -2.93. The number of anilines is 2. The average Bonchev–Trinajstić information content (AvgIpc) is 2.72. The van der Waals surface area contributed by atoms with Crippen molar-refractivity contribution >= 4 is 22.9 Å². The smallest absolute Gasteiger partial charge is 0.357 e. The largest absolute Gasteiger partial charge is 0.405 e. The van der Waals surface area contributed by atoms with Crippen LogP contribution < -0.4 is 10.2 Å². The van der Waals surface area contributed by atoms with Gasteiger partial charge in [0.25, 0.3) is 0 Å². The number of alkyl halides is 3. The SMILES string of the molecule is CNc1nc(N(C)CC(F)(F)F)c2[nH]cnc2n1. The molecular formula is C9H11F3N6. The van der Waals surface area contributed by atoms with E-state index in [1.54, 1.807) is 7.05 Å². The molecule has 0 amide bonds. The third-order valence-electron chi connectivity index (χ3n) is 2.27. The highest BCUT2D eigenvalue weighted by Crippen LogP contribution is 2.25. The van der Waals surface area contributed by atoms with Crippen molar-refractivity contribution < 1.29 is 13.2 Å². The Morgan fingerprint density at radius 1 is 1.39 bits per heavy atom. The van der Waals surface area contributed by atoms with Crippen molar-refractivity contribution in [2.24, 2.45) is 0 Å². The second kappa shape index (κ2) is 4.31. The quantitative estimate of drug-likeness (QED) is 0.872. The molecule has 0 aromatic carbocycles. The van der Waals surface area contributed by atoms with Crippen LogP contribution in [0.25, 0.3) is 11.2 Å². The molecule has 0 unspecified atom stereocenters. The van der Waals surface area contributed by atoms with Crippen LogP contribution in [0.2, 0.25) is 0 Å². The fourth-order valence-corrected chi connectivity index (χ4v) is 1.55. The molecule has 18 heavy (non-hydrogen) atoms. The second-order valence-corrected chi connectivity index (χ2v) is 3.69. The van der Waals surface area contributed by atoms with Gasteiger partial charge >= 0.3 is 6.18 Å². The Balaban J connectivity index is 2.45. The van der Waals surface area contributed by atoms with Gasteiger partial charge in [0.05, 0.1) is 6.33 Å². The van der Waals surface area contributed by atoms with Crippen LogP contribution in [0, 0.1) is 0 Å². The lowest BCUT2D eigenvalue weighted by atomic mass is 10.4. The van der Waals surface area contributed by atoms with Crippen LogP contribution in [0.15, 0.2) is 6.33 Å². The van der Waals surface area contributed by atoms with Crippen molar-refractivity contribution in [2.75, 3.05) is 30.9 Å². The fraction of sp³-hybridized carbons (Fsp3) is 0.444. The summed E-state index contributed by atoms with van der Waals surface area (Å²) in [5, 5.41) is 2.68. The van der Waals surface area contributed by atoms with Crippen molar-refractivity contribution in [2.45, 2.75) is 6.18 Å². The van der Waals surface area contributed by atoms with E-state index in [0.29, 0.717) is 11.2 Å². The maximum absolute atomic E-state index is 12.4. The molecule has 0 spiro atoms. The number of H-pyrrole nitrogens is 1. The van der Waals surface area contributed by atoms with Gasteiger partial charge in [-0.25, -0.2) is 4.98 Å². The van der Waals surface area contributed by atoms with E-state index in [0.717, 1.165) is 4.90 Å². The van der Waals surface area contributed by atoms with Crippen LogP contribution >= 0.6 is 0 Å². The van der Waals surface area contributed by atoms with Crippen LogP contribution in [-0.4, -0.2) is 46.8 Å². The molecule has 2 aromatic heterocycles. The lowest BCUT2D eigenvalue weighted by molar-refractivity contribution is -0.119. The van der Waals surface area contributed by atoms with E-state index in [9.17, 15) is 13.2 Å². The molecule has 0 bridgehead atoms. The Morgan fingerprint density at radius 3 is 2.72 bits per heavy atom. The topological polar surface area (TPSA) is 69.7 Å². The normalized spacial score (nSPS) is 11.8. The lowest BCUT2D eigenvalue weighted by Gasteiger charge is -2.20. The van der Waals surface area contributed by atoms with Gasteiger partial charge in [-0.1, -0.05) is 0 Å². The summed E-state index contributed by atoms with van der Waals surface area (Å²) in [5.74, 6) is 0.373. The summed E-state index contributed by atoms with van der Waals surface area (Å²) in [5.41, 5.74) is 0.694. The van der Waals surface area contributed by atoms with Gasteiger partial charge in [0.2, 0.25) is 5.95 Å². The van der Waals surface area contributed by atoms with Gasteiger partial charge in [0.1, 0.15) is 12.1 Å². The molecule has 2 rings (SSSR count). The van der Waals surface area contributed by atoms with Crippen LogP contribution in [0.3, 0.4) is 0 Å². The van der Waals surface area contributed by atoms with Gasteiger partial charge in [0, 0.05) is 14.1 Å². The number of rotatable bonds is 3. The minimum absolute atomic E-state index is 0.152. The summed E-state index contributed by atoms with van der Waals surface area (Å²) < 4.78 is 37.1. The van der Waals surface area contributed by atoms with Crippen LogP contribution in [0.4, 0.5) is 24.9 Å². The molecule has 98 valence electrons. The highest BCUT2D eigenvalue weighted by Gasteiger charge is 2.30. The second-order valence-electron chi connectivity index (χ2n) is 3.69. The predicted molar refractivity (Wildman–Crippen MR) is 60.6 cm³/mol. The minimum Gasteiger partial charge on any atom is -0.357 e. The van der Waals surface area contributed by atoms with E-state index in [2.05, 4.69) is 25.3 Å². The van der Waals surface area contributed by atoms with Crippen LogP contribution in [0.5, 0.6) is 0 Å². The van der Waals surface area contributed by atoms with E-state index < -0.39 is 12.7 Å². The van der Waals surface area contributed by atoms with E-state index >= 15 is 0 Å². The molecular weight excluding hydrogens is 249 g/mol. The molecule has 0 saturated carbocycles. The lowest BCUT2D eigenvalue weighted by Crippen LogP contribution is -2.31. The van der Waals surface area contributed by atoms with Gasteiger partial charge in [-0.3, -0.25) is 0 Å². The monoisotopic (exact) mass is 260 g/mol. The molecule has 2 N–H and O–H groups in total. The third kappa shape index (κ3) is 2.44. The maximum Gasteiger partial charge on any atom is 0.405 e. The van der Waals surface area contributed by atoms with Crippen molar-refractivity contribution in [1.29, 1.82) is 0 Å². The number of fused-ring (bicyclic) bond motifs is 1. The number of hydrogen-bond acceptors (Lipinski definition) is 5. The minimum atomic E-state index is -4.30. The summed E-state index contributed by atoms with van der Waals surface area (Å²) in [4.78, 5) is 15.7. The Kier molecular flexibility index (Phi) is 2.97. The van der Waals surface area contributed by atoms with Gasteiger partial charge in [-0.15, -0.1) is 0 Å². The molecule has 0 aliphatic heterocycles. The molecule has 0 fully saturated rings. The summed E-state index contributed by atoms with van der Waals surface area (Å²) >= 11 is 0. The zero-order valence-electron chi connectivity index (χ0n) is 9.71. The molecule has 0 radical (unpaired) electrons. The van der Waals surface area contributed by atoms with E-state index in [-0.39, 0.29) is 11.8 Å². The molecule has 6 nitrogen and oxygen atoms in total. The van der Waals surface area contributed by atoms with Crippen LogP contribution in [0.1, 0.15) is 0 Å². The van der Waals surface area contributed by atoms with E-state index in [1.165, 1.54) is 13.4 Å². The number of nitrogens with one attached hydrogen (secondary N) is 2. The Hall–Kier alpha value is -2.06. The summed E-state index contributed by atoms with van der Waals surface area (Å²) in [7, 11) is 2.90. The first-order valence-electron chi connectivity index (χ1n) is 5.07. The molecule has 9 heteroatoms. The Bertz CT molecular complexity index is 549. The number of imidazole rings is 1. The average molecular weight is 260 g/mol. The number of aromatic amines is 1. The van der Waals surface area contributed by atoms with Crippen molar-refractivity contribution in [1.82, 2.24) is 19.9 Å². The molecule has 2 aromatic rings. The standard InChI is InChI=1S/C9H11F3N6/c1-13-8-16-6-5(14-4-15-6)7(17-8)18(2)3-9(10,11)12/h4H,3H2,1-2H3,(H2,13,14,15,16,17). The summed E-state index contributed by atoms with van der Waals surface area (Å²) in [6, 6.07) is 0. The Morgan fingerprint density at radius 2 is 2.11 bits per heavy atom. The highest BCUT2D eigenvalue weighted by molar-refractivity contribution is 5.84. The maximum atomic E-state index is 12.4. The fourth-order valence-electron chi connectivity index (χ4n) is 1.55. The first-order valence-corrected chi connectivity index (χ1v) is 5.07. The van der Waals surface area contributed by atoms with Gasteiger partial charge in [0.15, 0.2) is 11.5 Å². The number of hydrogen-bond donors (Lipinski definition) is 2. The van der Waals surface area contributed by atoms with Gasteiger partial charge < -0.3 is 15.2 Å². The molecule has 0 saturated heterocycles. The van der Waals surface area contributed by atoms with Gasteiger partial charge in [-0.05, 0) is 0 Å². The van der Waals surface area contributed by atoms with Crippen molar-refractivity contribution in [3.8, 4) is 0 Å². The van der Waals surface area contributed by atoms with Crippen molar-refractivity contribution in [3.63, 3.8) is 0 Å². The summed E-state index contributed by atoms with van der Waals surface area (Å²) in [6.45, 7) is -1.10. The Labute approximate surface area is 100 Å². The van der Waals surface area contributed by atoms with Crippen LogP contribution in [-0.2, 0) is 0 Å². The number of nitrogens with zero attached hydrogens (tertiary/aromatic N) is 4. The number of halogens is 3. The zero-order valence-corrected chi connectivity index (χ0v) is 9.71. The zero-order chi connectivity index (χ0) is 13.3. The first kappa shape index (κ1) is 12.4. The van der Waals surface area contributed by atoms with E-state index in [1.807, 2.05) is 0 Å². The predicted octanol–water partition coefficient (Wildman–Crippen LogP) is 1.39. The molecule has 2 heterocycles. The molecule has 0 atom stereocenters. The molecule has 0 aliphatic carbocycles. The van der Waals surface area contributed by atoms with Crippen molar-refractivity contribution in [3.05, 3.63) is 6.33 Å². The van der Waals surface area contributed by atoms with E-state index in [4.69, 9.17) is 0 Å². The third-order valence-corrected chi connectivity index (χ3v) is 2.27.